The first-order valence-corrected chi connectivity index (χ1v) is 10.2. The average molecular weight is 401 g/mol. The Morgan fingerprint density at radius 2 is 1.45 bits per heavy atom. The Morgan fingerprint density at radius 3 is 2.07 bits per heavy atom. The normalized spacial score (nSPS) is 10.5. The number of ether oxygens (including phenoxy) is 1. The molecule has 0 unspecified atom stereocenters. The highest BCUT2D eigenvalue weighted by molar-refractivity contribution is 7.18. The van der Waals surface area contributed by atoms with Crippen LogP contribution in [0.15, 0.2) is 84.9 Å². The van der Waals surface area contributed by atoms with Crippen molar-refractivity contribution in [2.24, 2.45) is 0 Å². The Labute approximate surface area is 173 Å². The van der Waals surface area contributed by atoms with Crippen molar-refractivity contribution in [3.8, 4) is 22.4 Å². The molecule has 1 aromatic heterocycles. The summed E-state index contributed by atoms with van der Waals surface area (Å²) in [4.78, 5) is 17.6. The number of hydrogen-bond donors (Lipinski definition) is 1. The summed E-state index contributed by atoms with van der Waals surface area (Å²) < 4.78 is 5.22. The van der Waals surface area contributed by atoms with E-state index in [0.29, 0.717) is 22.3 Å². The first-order chi connectivity index (χ1) is 14.2. The first kappa shape index (κ1) is 18.9. The van der Waals surface area contributed by atoms with Gasteiger partial charge in [-0.1, -0.05) is 84.1 Å². The number of nitrogens with zero attached hydrogens (tertiary/aromatic N) is 1. The third-order valence-corrected chi connectivity index (χ3v) is 5.33. The lowest BCUT2D eigenvalue weighted by atomic mass is 10.1. The molecular weight excluding hydrogens is 380 g/mol. The highest BCUT2D eigenvalue weighted by Crippen LogP contribution is 2.33. The molecule has 0 bridgehead atoms. The lowest BCUT2D eigenvalue weighted by molar-refractivity contribution is 0.0532. The number of nitrogens with one attached hydrogen (secondary N) is 1. The molecule has 0 spiro atoms. The summed E-state index contributed by atoms with van der Waals surface area (Å²) >= 11 is 1.30. The first-order valence-electron chi connectivity index (χ1n) is 9.40. The van der Waals surface area contributed by atoms with E-state index in [1.807, 2.05) is 60.7 Å². The Balaban J connectivity index is 1.61. The maximum atomic E-state index is 12.4. The molecule has 4 aromatic rings. The van der Waals surface area contributed by atoms with Gasteiger partial charge in [-0.2, -0.15) is 0 Å². The van der Waals surface area contributed by atoms with Gasteiger partial charge < -0.3 is 10.1 Å². The van der Waals surface area contributed by atoms with Gasteiger partial charge >= 0.3 is 5.97 Å². The zero-order valence-electron chi connectivity index (χ0n) is 16.0. The van der Waals surface area contributed by atoms with Crippen LogP contribution >= 0.6 is 11.3 Å². The number of benzene rings is 3. The fraction of sp³-hybridized carbons (Fsp3) is 0.0833. The van der Waals surface area contributed by atoms with E-state index in [1.165, 1.54) is 16.9 Å². The van der Waals surface area contributed by atoms with Gasteiger partial charge in [-0.3, -0.25) is 0 Å². The average Bonchev–Trinajstić information content (AvgIpc) is 3.20. The number of aromatic nitrogens is 1. The molecule has 0 radical (unpaired) electrons. The van der Waals surface area contributed by atoms with Crippen LogP contribution in [0.25, 0.3) is 22.4 Å². The molecule has 1 N–H and O–H groups in total. The van der Waals surface area contributed by atoms with E-state index in [0.717, 1.165) is 16.8 Å². The van der Waals surface area contributed by atoms with Gasteiger partial charge in [0.05, 0.1) is 12.3 Å². The van der Waals surface area contributed by atoms with Gasteiger partial charge in [0.15, 0.2) is 5.13 Å². The summed E-state index contributed by atoms with van der Waals surface area (Å²) in [7, 11) is 0. The maximum Gasteiger partial charge on any atom is 0.350 e. The minimum atomic E-state index is -0.351. The predicted molar refractivity (Wildman–Crippen MR) is 119 cm³/mol. The lowest BCUT2D eigenvalue weighted by Crippen LogP contribution is -2.03. The second kappa shape index (κ2) is 8.71. The zero-order valence-corrected chi connectivity index (χ0v) is 16.8. The molecular formula is C24H20N2O2S. The van der Waals surface area contributed by atoms with Crippen molar-refractivity contribution >= 4 is 28.1 Å². The van der Waals surface area contributed by atoms with Crippen LogP contribution in [0, 0.1) is 0 Å². The number of hydrogen-bond acceptors (Lipinski definition) is 5. The van der Waals surface area contributed by atoms with Crippen molar-refractivity contribution in [1.29, 1.82) is 0 Å². The third kappa shape index (κ3) is 4.36. The number of thiazole rings is 1. The maximum absolute atomic E-state index is 12.4. The van der Waals surface area contributed by atoms with Crippen molar-refractivity contribution in [1.82, 2.24) is 4.98 Å². The molecule has 4 nitrogen and oxygen atoms in total. The van der Waals surface area contributed by atoms with E-state index in [2.05, 4.69) is 34.6 Å². The summed E-state index contributed by atoms with van der Waals surface area (Å²) in [5.74, 6) is -0.351. The molecule has 3 aromatic carbocycles. The second-order valence-electron chi connectivity index (χ2n) is 6.35. The van der Waals surface area contributed by atoms with Crippen molar-refractivity contribution in [3.05, 3.63) is 89.8 Å². The number of esters is 1. The van der Waals surface area contributed by atoms with Crippen molar-refractivity contribution in [2.75, 3.05) is 11.9 Å². The smallest absolute Gasteiger partial charge is 0.350 e. The van der Waals surface area contributed by atoms with Gasteiger partial charge in [-0.05, 0) is 30.2 Å². The Hall–Kier alpha value is -3.44. The van der Waals surface area contributed by atoms with Crippen molar-refractivity contribution in [2.45, 2.75) is 6.92 Å². The van der Waals surface area contributed by atoms with E-state index >= 15 is 0 Å². The van der Waals surface area contributed by atoms with Gasteiger partial charge in [0.2, 0.25) is 0 Å². The quantitative estimate of drug-likeness (QED) is 0.381. The number of carbonyl (C=O) groups excluding carboxylic acids is 1. The lowest BCUT2D eigenvalue weighted by Gasteiger charge is -2.05. The van der Waals surface area contributed by atoms with Crippen LogP contribution in [0.4, 0.5) is 10.8 Å². The van der Waals surface area contributed by atoms with E-state index in [1.54, 1.807) is 6.92 Å². The molecule has 1 heterocycles. The van der Waals surface area contributed by atoms with Gasteiger partial charge in [0, 0.05) is 11.3 Å². The molecule has 0 fully saturated rings. The summed E-state index contributed by atoms with van der Waals surface area (Å²) in [5.41, 5.74) is 4.75. The minimum Gasteiger partial charge on any atom is -0.462 e. The topological polar surface area (TPSA) is 51.2 Å². The van der Waals surface area contributed by atoms with E-state index < -0.39 is 0 Å². The van der Waals surface area contributed by atoms with Crippen LogP contribution in [0.1, 0.15) is 16.6 Å². The monoisotopic (exact) mass is 400 g/mol. The molecule has 29 heavy (non-hydrogen) atoms. The molecule has 0 aliphatic carbocycles. The van der Waals surface area contributed by atoms with E-state index in [4.69, 9.17) is 4.74 Å². The van der Waals surface area contributed by atoms with Crippen molar-refractivity contribution < 1.29 is 9.53 Å². The molecule has 0 aliphatic rings. The fourth-order valence-electron chi connectivity index (χ4n) is 3.00. The molecule has 0 atom stereocenters. The Bertz CT molecular complexity index is 1090. The standard InChI is InChI=1S/C24H20N2O2S/c1-2-28-23(27)22-21(19-11-7-4-8-12-19)26-24(29-22)25-20-15-13-18(14-16-20)17-9-5-3-6-10-17/h3-16H,2H2,1H3,(H,25,26). The largest absolute Gasteiger partial charge is 0.462 e. The Kier molecular flexibility index (Phi) is 5.68. The number of anilines is 2. The highest BCUT2D eigenvalue weighted by Gasteiger charge is 2.20. The van der Waals surface area contributed by atoms with Gasteiger partial charge in [-0.15, -0.1) is 0 Å². The molecule has 4 rings (SSSR count). The van der Waals surface area contributed by atoms with Crippen LogP contribution in [0.5, 0.6) is 0 Å². The summed E-state index contributed by atoms with van der Waals surface area (Å²) in [6.45, 7) is 2.13. The predicted octanol–water partition coefficient (Wildman–Crippen LogP) is 6.40. The van der Waals surface area contributed by atoms with Crippen LogP contribution in [0.2, 0.25) is 0 Å². The third-order valence-electron chi connectivity index (χ3n) is 4.38. The fourth-order valence-corrected chi connectivity index (χ4v) is 3.90. The molecule has 0 amide bonds. The van der Waals surface area contributed by atoms with E-state index in [-0.39, 0.29) is 5.97 Å². The van der Waals surface area contributed by atoms with Crippen LogP contribution < -0.4 is 5.32 Å². The van der Waals surface area contributed by atoms with Crippen LogP contribution in [0.3, 0.4) is 0 Å². The van der Waals surface area contributed by atoms with Gasteiger partial charge in [-0.25, -0.2) is 9.78 Å². The summed E-state index contributed by atoms with van der Waals surface area (Å²) in [5, 5.41) is 3.96. The summed E-state index contributed by atoms with van der Waals surface area (Å²) in [6, 6.07) is 28.1. The molecule has 144 valence electrons. The molecule has 0 saturated carbocycles. The number of carbonyl (C=O) groups is 1. The van der Waals surface area contributed by atoms with Crippen LogP contribution in [-0.2, 0) is 4.74 Å². The molecule has 5 heteroatoms. The Morgan fingerprint density at radius 1 is 0.862 bits per heavy atom. The highest BCUT2D eigenvalue weighted by atomic mass is 32.1. The minimum absolute atomic E-state index is 0.328. The molecule has 0 saturated heterocycles. The second-order valence-corrected chi connectivity index (χ2v) is 7.35. The molecule has 0 aliphatic heterocycles. The van der Waals surface area contributed by atoms with Gasteiger partial charge in [0.25, 0.3) is 0 Å². The van der Waals surface area contributed by atoms with Gasteiger partial charge in [0.1, 0.15) is 4.88 Å². The SMILES string of the molecule is CCOC(=O)c1sc(Nc2ccc(-c3ccccc3)cc2)nc1-c1ccccc1. The van der Waals surface area contributed by atoms with Crippen LogP contribution in [-0.4, -0.2) is 17.6 Å². The number of rotatable bonds is 6. The zero-order chi connectivity index (χ0) is 20.1. The summed E-state index contributed by atoms with van der Waals surface area (Å²) in [6.07, 6.45) is 0. The van der Waals surface area contributed by atoms with E-state index in [9.17, 15) is 4.79 Å². The van der Waals surface area contributed by atoms with Crippen molar-refractivity contribution in [3.63, 3.8) is 0 Å².